The molecule has 1 aliphatic rings. The molecule has 1 fully saturated rings. The molecule has 0 atom stereocenters. The molecule has 1 N–H and O–H groups in total. The Morgan fingerprint density at radius 3 is 2.57 bits per heavy atom. The highest BCUT2D eigenvalue weighted by molar-refractivity contribution is 5.51. The first-order valence-electron chi connectivity index (χ1n) is 7.47. The maximum Gasteiger partial charge on any atom is 0.252 e. The van der Waals surface area contributed by atoms with Crippen molar-refractivity contribution in [2.45, 2.75) is 24.9 Å². The van der Waals surface area contributed by atoms with E-state index < -0.39 is 0 Å². The summed E-state index contributed by atoms with van der Waals surface area (Å²) >= 11 is 0. The molecule has 4 rings (SSSR count). The van der Waals surface area contributed by atoms with Crippen molar-refractivity contribution < 1.29 is 14.4 Å². The summed E-state index contributed by atoms with van der Waals surface area (Å²) in [4.78, 5) is 8.45. The lowest BCUT2D eigenvalue weighted by Gasteiger charge is -2.35. The van der Waals surface area contributed by atoms with Gasteiger partial charge in [-0.05, 0) is 29.5 Å². The number of ether oxygens (including phenoxy) is 1. The second-order valence-electron chi connectivity index (χ2n) is 5.61. The molecule has 2 heterocycles. The summed E-state index contributed by atoms with van der Waals surface area (Å²) in [5.74, 6) is 1.25. The van der Waals surface area contributed by atoms with Crippen molar-refractivity contribution in [1.82, 2.24) is 15.1 Å². The van der Waals surface area contributed by atoms with Crippen molar-refractivity contribution in [2.24, 2.45) is 0 Å². The number of nitrogens with zero attached hydrogens (tertiary/aromatic N) is 3. The average Bonchev–Trinajstić information content (AvgIpc) is 2.98. The van der Waals surface area contributed by atoms with Gasteiger partial charge in [0.1, 0.15) is 11.8 Å². The Labute approximate surface area is 132 Å². The van der Waals surface area contributed by atoms with Crippen LogP contribution in [0.25, 0.3) is 11.5 Å². The third kappa shape index (κ3) is 2.88. The lowest BCUT2D eigenvalue weighted by atomic mass is 9.77. The third-order valence-electron chi connectivity index (χ3n) is 4.03. The predicted octanol–water partition coefficient (Wildman–Crippen LogP) is 3.16. The molecule has 116 valence electrons. The molecule has 1 aliphatic carbocycles. The number of hydrogen-bond acceptors (Lipinski definition) is 6. The fourth-order valence-electron chi connectivity index (χ4n) is 2.72. The molecule has 6 heteroatoms. The highest BCUT2D eigenvalue weighted by Crippen LogP contribution is 2.38. The molecule has 0 spiro atoms. The average molecular weight is 309 g/mol. The van der Waals surface area contributed by atoms with Crippen LogP contribution in [0.4, 0.5) is 0 Å². The zero-order chi connectivity index (χ0) is 15.6. The molecule has 23 heavy (non-hydrogen) atoms. The number of aromatic nitrogens is 3. The van der Waals surface area contributed by atoms with Crippen molar-refractivity contribution in [1.29, 1.82) is 0 Å². The van der Waals surface area contributed by atoms with Crippen LogP contribution in [0.15, 0.2) is 53.3 Å². The van der Waals surface area contributed by atoms with Crippen LogP contribution in [0, 0.1) is 0 Å². The minimum absolute atomic E-state index is 0.176. The normalized spacial score (nSPS) is 20.0. The largest absolute Gasteiger partial charge is 0.491 e. The maximum absolute atomic E-state index is 9.17. The SMILES string of the molecule is Oc1cc(-c2cnc(OC3CC(c4ccccc4)C3)cn2)on1. The maximum atomic E-state index is 9.17. The standard InChI is InChI=1S/C17H15N3O3/c21-16-8-15(23-20-16)14-9-19-17(10-18-14)22-13-6-12(7-13)11-4-2-1-3-5-11/h1-5,8-10,12-13H,6-7H2,(H,20,21). The van der Waals surface area contributed by atoms with Gasteiger partial charge < -0.3 is 14.4 Å². The van der Waals surface area contributed by atoms with Crippen molar-refractivity contribution in [3.63, 3.8) is 0 Å². The third-order valence-corrected chi connectivity index (χ3v) is 4.03. The molecular weight excluding hydrogens is 294 g/mol. The molecule has 0 radical (unpaired) electrons. The van der Waals surface area contributed by atoms with E-state index in [1.54, 1.807) is 12.4 Å². The summed E-state index contributed by atoms with van der Waals surface area (Å²) in [6.45, 7) is 0. The Balaban J connectivity index is 1.36. The molecule has 0 amide bonds. The molecule has 0 saturated heterocycles. The van der Waals surface area contributed by atoms with Crippen LogP contribution in [0.3, 0.4) is 0 Å². The van der Waals surface area contributed by atoms with Gasteiger partial charge in [0.2, 0.25) is 5.88 Å². The van der Waals surface area contributed by atoms with E-state index in [2.05, 4.69) is 39.4 Å². The van der Waals surface area contributed by atoms with Gasteiger partial charge in [-0.25, -0.2) is 9.97 Å². The van der Waals surface area contributed by atoms with Gasteiger partial charge in [-0.3, -0.25) is 0 Å². The Hall–Kier alpha value is -2.89. The highest BCUT2D eigenvalue weighted by atomic mass is 16.5. The molecule has 6 nitrogen and oxygen atoms in total. The van der Waals surface area contributed by atoms with Crippen LogP contribution >= 0.6 is 0 Å². The van der Waals surface area contributed by atoms with E-state index in [9.17, 15) is 0 Å². The highest BCUT2D eigenvalue weighted by Gasteiger charge is 2.32. The molecule has 0 unspecified atom stereocenters. The van der Waals surface area contributed by atoms with Crippen LogP contribution in [-0.4, -0.2) is 26.3 Å². The molecule has 2 aromatic heterocycles. The molecule has 3 aromatic rings. The number of benzene rings is 1. The summed E-state index contributed by atoms with van der Waals surface area (Å²) < 4.78 is 10.8. The van der Waals surface area contributed by atoms with Crippen LogP contribution in [0.2, 0.25) is 0 Å². The molecule has 0 bridgehead atoms. The van der Waals surface area contributed by atoms with Gasteiger partial charge in [0.15, 0.2) is 5.76 Å². The fourth-order valence-corrected chi connectivity index (χ4v) is 2.72. The summed E-state index contributed by atoms with van der Waals surface area (Å²) in [7, 11) is 0. The van der Waals surface area contributed by atoms with Gasteiger partial charge in [-0.15, -0.1) is 0 Å². The van der Waals surface area contributed by atoms with E-state index in [1.807, 2.05) is 6.07 Å². The zero-order valence-corrected chi connectivity index (χ0v) is 12.3. The van der Waals surface area contributed by atoms with Gasteiger partial charge in [-0.2, -0.15) is 0 Å². The van der Waals surface area contributed by atoms with Crippen LogP contribution in [0.5, 0.6) is 11.8 Å². The Morgan fingerprint density at radius 1 is 1.09 bits per heavy atom. The van der Waals surface area contributed by atoms with E-state index in [4.69, 9.17) is 14.4 Å². The lowest BCUT2D eigenvalue weighted by molar-refractivity contribution is 0.0931. The van der Waals surface area contributed by atoms with E-state index in [-0.39, 0.29) is 12.0 Å². The minimum atomic E-state index is -0.177. The molecular formula is C17H15N3O3. The van der Waals surface area contributed by atoms with E-state index in [1.165, 1.54) is 11.6 Å². The lowest BCUT2D eigenvalue weighted by Crippen LogP contribution is -2.32. The van der Waals surface area contributed by atoms with Gasteiger partial charge in [0.25, 0.3) is 5.88 Å². The Bertz CT molecular complexity index is 780. The second-order valence-corrected chi connectivity index (χ2v) is 5.61. The van der Waals surface area contributed by atoms with E-state index in [0.29, 0.717) is 23.3 Å². The summed E-state index contributed by atoms with van der Waals surface area (Å²) in [6.07, 6.45) is 5.26. The van der Waals surface area contributed by atoms with Gasteiger partial charge in [0, 0.05) is 0 Å². The first kappa shape index (κ1) is 13.8. The smallest absolute Gasteiger partial charge is 0.252 e. The van der Waals surface area contributed by atoms with Gasteiger partial charge in [0.05, 0.1) is 18.5 Å². The zero-order valence-electron chi connectivity index (χ0n) is 12.3. The minimum Gasteiger partial charge on any atom is -0.491 e. The monoisotopic (exact) mass is 309 g/mol. The first-order valence-corrected chi connectivity index (χ1v) is 7.47. The van der Waals surface area contributed by atoms with Crippen molar-refractivity contribution in [3.05, 3.63) is 54.4 Å². The van der Waals surface area contributed by atoms with E-state index >= 15 is 0 Å². The van der Waals surface area contributed by atoms with Crippen molar-refractivity contribution in [3.8, 4) is 23.2 Å². The van der Waals surface area contributed by atoms with Crippen molar-refractivity contribution in [2.75, 3.05) is 0 Å². The summed E-state index contributed by atoms with van der Waals surface area (Å²) in [5, 5.41) is 12.6. The number of hydrogen-bond donors (Lipinski definition) is 1. The van der Waals surface area contributed by atoms with Crippen LogP contribution < -0.4 is 4.74 Å². The topological polar surface area (TPSA) is 81.3 Å². The van der Waals surface area contributed by atoms with Gasteiger partial charge >= 0.3 is 0 Å². The molecule has 1 saturated carbocycles. The second kappa shape index (κ2) is 5.72. The fraction of sp³-hybridized carbons (Fsp3) is 0.235. The number of rotatable bonds is 4. The predicted molar refractivity (Wildman–Crippen MR) is 82.0 cm³/mol. The van der Waals surface area contributed by atoms with Crippen LogP contribution in [0.1, 0.15) is 24.3 Å². The number of aromatic hydroxyl groups is 1. The Morgan fingerprint density at radius 2 is 1.91 bits per heavy atom. The first-order chi connectivity index (χ1) is 11.3. The van der Waals surface area contributed by atoms with Crippen molar-refractivity contribution >= 4 is 0 Å². The molecule has 1 aromatic carbocycles. The quantitative estimate of drug-likeness (QED) is 0.797. The summed E-state index contributed by atoms with van der Waals surface area (Å²) in [6, 6.07) is 11.9. The van der Waals surface area contributed by atoms with Gasteiger partial charge in [-0.1, -0.05) is 30.3 Å². The van der Waals surface area contributed by atoms with Crippen LogP contribution in [-0.2, 0) is 0 Å². The Kier molecular flexibility index (Phi) is 3.42. The molecule has 0 aliphatic heterocycles. The van der Waals surface area contributed by atoms with E-state index in [0.717, 1.165) is 12.8 Å². The summed E-state index contributed by atoms with van der Waals surface area (Å²) in [5.41, 5.74) is 1.86.